The number of rotatable bonds is 4. The van der Waals surface area contributed by atoms with Gasteiger partial charge >= 0.3 is 0 Å². The quantitative estimate of drug-likeness (QED) is 0.765. The predicted octanol–water partition coefficient (Wildman–Crippen LogP) is 4.50. The van der Waals surface area contributed by atoms with E-state index < -0.39 is 0 Å². The standard InChI is InChI=1S/C16H31N/c1-2-3-4-13-5-7-14(8-6-13)15-9-11-16(17)12-10-15/h13-16H,2-12,17H2,1H3. The lowest BCUT2D eigenvalue weighted by Gasteiger charge is -2.37. The van der Waals surface area contributed by atoms with Crippen molar-refractivity contribution in [3.63, 3.8) is 0 Å². The molecular formula is C16H31N. The molecular weight excluding hydrogens is 206 g/mol. The first-order valence-electron chi connectivity index (χ1n) is 8.05. The zero-order valence-corrected chi connectivity index (χ0v) is 11.7. The van der Waals surface area contributed by atoms with Crippen LogP contribution in [0.4, 0.5) is 0 Å². The molecule has 2 aliphatic rings. The van der Waals surface area contributed by atoms with Gasteiger partial charge in [-0.25, -0.2) is 0 Å². The maximum absolute atomic E-state index is 6.00. The van der Waals surface area contributed by atoms with Crippen molar-refractivity contribution in [2.24, 2.45) is 23.5 Å². The van der Waals surface area contributed by atoms with E-state index in [1.54, 1.807) is 0 Å². The summed E-state index contributed by atoms with van der Waals surface area (Å²) in [4.78, 5) is 0. The lowest BCUT2D eigenvalue weighted by atomic mass is 9.70. The van der Waals surface area contributed by atoms with Crippen LogP contribution in [0.2, 0.25) is 0 Å². The number of hydrogen-bond acceptors (Lipinski definition) is 1. The average Bonchev–Trinajstić information content (AvgIpc) is 2.38. The van der Waals surface area contributed by atoms with E-state index >= 15 is 0 Å². The first kappa shape index (κ1) is 13.4. The highest BCUT2D eigenvalue weighted by Crippen LogP contribution is 2.40. The minimum atomic E-state index is 0.521. The molecule has 0 atom stereocenters. The second-order valence-corrected chi connectivity index (χ2v) is 6.60. The zero-order chi connectivity index (χ0) is 12.1. The summed E-state index contributed by atoms with van der Waals surface area (Å²) in [5.74, 6) is 3.15. The van der Waals surface area contributed by atoms with E-state index in [-0.39, 0.29) is 0 Å². The van der Waals surface area contributed by atoms with Crippen molar-refractivity contribution in [3.8, 4) is 0 Å². The molecule has 0 aromatic heterocycles. The van der Waals surface area contributed by atoms with Crippen LogP contribution in [-0.4, -0.2) is 6.04 Å². The molecule has 0 aromatic rings. The molecule has 2 N–H and O–H groups in total. The second kappa shape index (κ2) is 6.78. The van der Waals surface area contributed by atoms with Crippen LogP contribution in [0.1, 0.15) is 77.6 Å². The van der Waals surface area contributed by atoms with Gasteiger partial charge in [0.05, 0.1) is 0 Å². The van der Waals surface area contributed by atoms with E-state index in [1.165, 1.54) is 70.6 Å². The Kier molecular flexibility index (Phi) is 5.34. The van der Waals surface area contributed by atoms with Crippen LogP contribution < -0.4 is 5.73 Å². The Hall–Kier alpha value is -0.0400. The largest absolute Gasteiger partial charge is 0.328 e. The third-order valence-electron chi connectivity index (χ3n) is 5.34. The van der Waals surface area contributed by atoms with Gasteiger partial charge in [-0.1, -0.05) is 39.0 Å². The topological polar surface area (TPSA) is 26.0 Å². The van der Waals surface area contributed by atoms with Crippen LogP contribution in [0.5, 0.6) is 0 Å². The summed E-state index contributed by atoms with van der Waals surface area (Å²) < 4.78 is 0. The summed E-state index contributed by atoms with van der Waals surface area (Å²) >= 11 is 0. The maximum Gasteiger partial charge on any atom is 0.00390 e. The first-order chi connectivity index (χ1) is 8.29. The Morgan fingerprint density at radius 2 is 1.35 bits per heavy atom. The van der Waals surface area contributed by atoms with Crippen molar-refractivity contribution in [2.45, 2.75) is 83.6 Å². The van der Waals surface area contributed by atoms with Gasteiger partial charge in [-0.15, -0.1) is 0 Å². The third kappa shape index (κ3) is 3.98. The molecule has 0 aromatic carbocycles. The van der Waals surface area contributed by atoms with E-state index in [0.29, 0.717) is 6.04 Å². The van der Waals surface area contributed by atoms with Gasteiger partial charge in [0.1, 0.15) is 0 Å². The van der Waals surface area contributed by atoms with E-state index in [1.807, 2.05) is 0 Å². The summed E-state index contributed by atoms with van der Waals surface area (Å²) in [6.45, 7) is 2.32. The summed E-state index contributed by atoms with van der Waals surface area (Å²) in [7, 11) is 0. The normalized spacial score (nSPS) is 39.2. The van der Waals surface area contributed by atoms with E-state index in [2.05, 4.69) is 6.92 Å². The van der Waals surface area contributed by atoms with Crippen LogP contribution in [0.25, 0.3) is 0 Å². The van der Waals surface area contributed by atoms with Gasteiger partial charge in [0, 0.05) is 6.04 Å². The Morgan fingerprint density at radius 1 is 0.824 bits per heavy atom. The number of hydrogen-bond donors (Lipinski definition) is 1. The molecule has 100 valence electrons. The molecule has 1 nitrogen and oxygen atoms in total. The maximum atomic E-state index is 6.00. The third-order valence-corrected chi connectivity index (χ3v) is 5.34. The molecule has 2 aliphatic carbocycles. The molecule has 0 amide bonds. The summed E-state index contributed by atoms with van der Waals surface area (Å²) in [6.07, 6.45) is 15.8. The van der Waals surface area contributed by atoms with E-state index in [0.717, 1.165) is 17.8 Å². The molecule has 17 heavy (non-hydrogen) atoms. The molecule has 0 saturated heterocycles. The Labute approximate surface area is 108 Å². The summed E-state index contributed by atoms with van der Waals surface area (Å²) in [6, 6.07) is 0.521. The van der Waals surface area contributed by atoms with Gasteiger partial charge in [-0.2, -0.15) is 0 Å². The molecule has 1 heteroatoms. The fraction of sp³-hybridized carbons (Fsp3) is 1.00. The Bertz CT molecular complexity index is 198. The highest BCUT2D eigenvalue weighted by Gasteiger charge is 2.29. The van der Waals surface area contributed by atoms with Gasteiger partial charge in [0.25, 0.3) is 0 Å². The second-order valence-electron chi connectivity index (χ2n) is 6.60. The lowest BCUT2D eigenvalue weighted by molar-refractivity contribution is 0.156. The molecule has 0 radical (unpaired) electrons. The molecule has 0 heterocycles. The fourth-order valence-corrected chi connectivity index (χ4v) is 4.06. The first-order valence-corrected chi connectivity index (χ1v) is 8.05. The minimum absolute atomic E-state index is 0.521. The zero-order valence-electron chi connectivity index (χ0n) is 11.7. The summed E-state index contributed by atoms with van der Waals surface area (Å²) in [5.41, 5.74) is 6.00. The molecule has 0 bridgehead atoms. The Morgan fingerprint density at radius 3 is 1.88 bits per heavy atom. The van der Waals surface area contributed by atoms with Crippen LogP contribution in [0, 0.1) is 17.8 Å². The van der Waals surface area contributed by atoms with Crippen molar-refractivity contribution in [1.29, 1.82) is 0 Å². The molecule has 0 aliphatic heterocycles. The van der Waals surface area contributed by atoms with Crippen molar-refractivity contribution in [2.75, 3.05) is 0 Å². The van der Waals surface area contributed by atoms with Crippen molar-refractivity contribution in [1.82, 2.24) is 0 Å². The van der Waals surface area contributed by atoms with Crippen molar-refractivity contribution < 1.29 is 0 Å². The molecule has 0 spiro atoms. The van der Waals surface area contributed by atoms with Crippen LogP contribution in [-0.2, 0) is 0 Å². The van der Waals surface area contributed by atoms with Crippen LogP contribution in [0.3, 0.4) is 0 Å². The molecule has 2 rings (SSSR count). The number of nitrogens with two attached hydrogens (primary N) is 1. The van der Waals surface area contributed by atoms with Gasteiger partial charge in [0.2, 0.25) is 0 Å². The highest BCUT2D eigenvalue weighted by molar-refractivity contribution is 4.82. The predicted molar refractivity (Wildman–Crippen MR) is 74.9 cm³/mol. The van der Waals surface area contributed by atoms with Crippen molar-refractivity contribution in [3.05, 3.63) is 0 Å². The highest BCUT2D eigenvalue weighted by atomic mass is 14.6. The van der Waals surface area contributed by atoms with Gasteiger partial charge in [-0.05, 0) is 56.3 Å². The van der Waals surface area contributed by atoms with Crippen LogP contribution >= 0.6 is 0 Å². The molecule has 0 unspecified atom stereocenters. The van der Waals surface area contributed by atoms with Gasteiger partial charge in [0.15, 0.2) is 0 Å². The monoisotopic (exact) mass is 237 g/mol. The van der Waals surface area contributed by atoms with E-state index in [9.17, 15) is 0 Å². The molecule has 2 saturated carbocycles. The van der Waals surface area contributed by atoms with Crippen molar-refractivity contribution >= 4 is 0 Å². The van der Waals surface area contributed by atoms with Gasteiger partial charge in [-0.3, -0.25) is 0 Å². The lowest BCUT2D eigenvalue weighted by Crippen LogP contribution is -2.31. The summed E-state index contributed by atoms with van der Waals surface area (Å²) in [5, 5.41) is 0. The SMILES string of the molecule is CCCCC1CCC(C2CCC(N)CC2)CC1. The average molecular weight is 237 g/mol. The fourth-order valence-electron chi connectivity index (χ4n) is 4.06. The van der Waals surface area contributed by atoms with E-state index in [4.69, 9.17) is 5.73 Å². The molecule has 2 fully saturated rings. The van der Waals surface area contributed by atoms with Gasteiger partial charge < -0.3 is 5.73 Å². The minimum Gasteiger partial charge on any atom is -0.328 e. The van der Waals surface area contributed by atoms with Crippen LogP contribution in [0.15, 0.2) is 0 Å². The number of unbranched alkanes of at least 4 members (excludes halogenated alkanes) is 1. The Balaban J connectivity index is 1.68. The smallest absolute Gasteiger partial charge is 0.00390 e.